The van der Waals surface area contributed by atoms with Crippen LogP contribution in [-0.4, -0.2) is 12.2 Å². The molecule has 0 saturated carbocycles. The smallest absolute Gasteiger partial charge is 0.173 e. The molecule has 1 aromatic rings. The van der Waals surface area contributed by atoms with Crippen LogP contribution in [0.25, 0.3) is 0 Å². The minimum Gasteiger partial charge on any atom is -0.503 e. The zero-order valence-electron chi connectivity index (χ0n) is 10.7. The van der Waals surface area contributed by atoms with Crippen molar-refractivity contribution < 1.29 is 9.84 Å². The first-order valence-corrected chi connectivity index (χ1v) is 7.61. The third kappa shape index (κ3) is 3.62. The standard InChI is InChI=1S/C13H19Br2NO2/c1-3-4-5-6-9(16)8-7-10(18-2)13(17)12(15)11(8)14/h7,9,17H,3-6,16H2,1-2H3/t9-/m0/s1. The molecule has 3 N–H and O–H groups in total. The number of unbranched alkanes of at least 4 members (excludes halogenated alkanes) is 2. The van der Waals surface area contributed by atoms with Gasteiger partial charge in [0.1, 0.15) is 0 Å². The number of phenolic OH excluding ortho intramolecular Hbond substituents is 1. The second kappa shape index (κ2) is 7.36. The van der Waals surface area contributed by atoms with Crippen molar-refractivity contribution in [2.45, 2.75) is 38.6 Å². The molecule has 102 valence electrons. The van der Waals surface area contributed by atoms with Crippen LogP contribution in [0.1, 0.15) is 44.2 Å². The Morgan fingerprint density at radius 1 is 1.33 bits per heavy atom. The second-order valence-electron chi connectivity index (χ2n) is 4.25. The molecule has 0 radical (unpaired) electrons. The fourth-order valence-corrected chi connectivity index (χ4v) is 2.83. The Hall–Kier alpha value is -0.260. The summed E-state index contributed by atoms with van der Waals surface area (Å²) in [5.41, 5.74) is 7.14. The first-order chi connectivity index (χ1) is 8.52. The number of nitrogens with two attached hydrogens (primary N) is 1. The lowest BCUT2D eigenvalue weighted by Crippen LogP contribution is -2.11. The normalized spacial score (nSPS) is 12.5. The van der Waals surface area contributed by atoms with Crippen LogP contribution in [-0.2, 0) is 0 Å². The van der Waals surface area contributed by atoms with Crippen LogP contribution in [0.15, 0.2) is 15.0 Å². The highest BCUT2D eigenvalue weighted by molar-refractivity contribution is 9.13. The number of ether oxygens (including phenoxy) is 1. The van der Waals surface area contributed by atoms with Gasteiger partial charge in [-0.05, 0) is 49.9 Å². The van der Waals surface area contributed by atoms with E-state index in [1.165, 1.54) is 20.0 Å². The predicted octanol–water partition coefficient (Wildman–Crippen LogP) is 4.51. The summed E-state index contributed by atoms with van der Waals surface area (Å²) in [4.78, 5) is 0. The van der Waals surface area contributed by atoms with Crippen LogP contribution < -0.4 is 10.5 Å². The average Bonchev–Trinajstić information content (AvgIpc) is 2.36. The monoisotopic (exact) mass is 379 g/mol. The number of rotatable bonds is 6. The summed E-state index contributed by atoms with van der Waals surface area (Å²) < 4.78 is 6.52. The van der Waals surface area contributed by atoms with Crippen LogP contribution in [0.4, 0.5) is 0 Å². The van der Waals surface area contributed by atoms with Crippen molar-refractivity contribution in [2.75, 3.05) is 7.11 Å². The van der Waals surface area contributed by atoms with E-state index in [0.29, 0.717) is 10.2 Å². The van der Waals surface area contributed by atoms with E-state index in [2.05, 4.69) is 38.8 Å². The average molecular weight is 381 g/mol. The fourth-order valence-electron chi connectivity index (χ4n) is 1.81. The Kier molecular flexibility index (Phi) is 6.46. The summed E-state index contributed by atoms with van der Waals surface area (Å²) in [6.07, 6.45) is 4.38. The van der Waals surface area contributed by atoms with Gasteiger partial charge < -0.3 is 15.6 Å². The molecule has 0 saturated heterocycles. The summed E-state index contributed by atoms with van der Waals surface area (Å²) in [7, 11) is 1.53. The van der Waals surface area contributed by atoms with Crippen molar-refractivity contribution in [3.63, 3.8) is 0 Å². The molecule has 0 unspecified atom stereocenters. The van der Waals surface area contributed by atoms with Crippen molar-refractivity contribution in [3.05, 3.63) is 20.6 Å². The molecule has 1 atom stereocenters. The molecule has 0 amide bonds. The van der Waals surface area contributed by atoms with Gasteiger partial charge in [-0.2, -0.15) is 0 Å². The number of methoxy groups -OCH3 is 1. The maximum atomic E-state index is 9.86. The summed E-state index contributed by atoms with van der Waals surface area (Å²) in [6, 6.07) is 1.73. The first kappa shape index (κ1) is 15.8. The molecule has 3 nitrogen and oxygen atoms in total. The van der Waals surface area contributed by atoms with Gasteiger partial charge in [0, 0.05) is 10.5 Å². The van der Waals surface area contributed by atoms with Crippen molar-refractivity contribution >= 4 is 31.9 Å². The van der Waals surface area contributed by atoms with Crippen LogP contribution in [0.2, 0.25) is 0 Å². The SMILES string of the molecule is CCCCC[C@H](N)c1cc(OC)c(O)c(Br)c1Br. The number of halogens is 2. The fraction of sp³-hybridized carbons (Fsp3) is 0.538. The van der Waals surface area contributed by atoms with Crippen LogP contribution >= 0.6 is 31.9 Å². The van der Waals surface area contributed by atoms with E-state index >= 15 is 0 Å². The number of hydrogen-bond acceptors (Lipinski definition) is 3. The van der Waals surface area contributed by atoms with Gasteiger partial charge in [0.2, 0.25) is 0 Å². The predicted molar refractivity (Wildman–Crippen MR) is 81.1 cm³/mol. The van der Waals surface area contributed by atoms with Gasteiger partial charge in [-0.3, -0.25) is 0 Å². The Morgan fingerprint density at radius 3 is 2.56 bits per heavy atom. The topological polar surface area (TPSA) is 55.5 Å². The minimum absolute atomic E-state index is 0.0586. The third-order valence-corrected chi connectivity index (χ3v) is 5.07. The zero-order valence-corrected chi connectivity index (χ0v) is 13.8. The maximum Gasteiger partial charge on any atom is 0.173 e. The van der Waals surface area contributed by atoms with Gasteiger partial charge >= 0.3 is 0 Å². The molecule has 0 heterocycles. The molecule has 5 heteroatoms. The lowest BCUT2D eigenvalue weighted by Gasteiger charge is -2.17. The maximum absolute atomic E-state index is 9.86. The van der Waals surface area contributed by atoms with Crippen LogP contribution in [0.3, 0.4) is 0 Å². The van der Waals surface area contributed by atoms with Crippen molar-refractivity contribution in [1.29, 1.82) is 0 Å². The molecule has 0 fully saturated rings. The Morgan fingerprint density at radius 2 is 2.00 bits per heavy atom. The van der Waals surface area contributed by atoms with E-state index < -0.39 is 0 Å². The van der Waals surface area contributed by atoms with Crippen molar-refractivity contribution in [3.8, 4) is 11.5 Å². The minimum atomic E-state index is -0.0586. The quantitative estimate of drug-likeness (QED) is 0.714. The molecule has 1 rings (SSSR count). The van der Waals surface area contributed by atoms with Crippen molar-refractivity contribution in [2.24, 2.45) is 5.73 Å². The Balaban J connectivity index is 2.97. The Labute approximate surface area is 125 Å². The van der Waals surface area contributed by atoms with Crippen LogP contribution in [0, 0.1) is 0 Å². The highest BCUT2D eigenvalue weighted by Crippen LogP contribution is 2.43. The molecule has 0 bridgehead atoms. The van der Waals surface area contributed by atoms with E-state index in [9.17, 15) is 5.11 Å². The van der Waals surface area contributed by atoms with Gasteiger partial charge in [0.15, 0.2) is 11.5 Å². The highest BCUT2D eigenvalue weighted by atomic mass is 79.9. The molecular weight excluding hydrogens is 362 g/mol. The number of benzene rings is 1. The molecule has 0 aromatic heterocycles. The molecule has 0 aliphatic heterocycles. The highest BCUT2D eigenvalue weighted by Gasteiger charge is 2.18. The third-order valence-electron chi connectivity index (χ3n) is 2.91. The summed E-state index contributed by atoms with van der Waals surface area (Å²) in [5, 5.41) is 9.86. The van der Waals surface area contributed by atoms with E-state index in [4.69, 9.17) is 10.5 Å². The van der Waals surface area contributed by atoms with E-state index in [1.807, 2.05) is 0 Å². The number of aromatic hydroxyl groups is 1. The summed E-state index contributed by atoms with van der Waals surface area (Å²) >= 11 is 6.80. The summed E-state index contributed by atoms with van der Waals surface area (Å²) in [6.45, 7) is 2.17. The van der Waals surface area contributed by atoms with Gasteiger partial charge in [-0.15, -0.1) is 0 Å². The molecule has 18 heavy (non-hydrogen) atoms. The second-order valence-corrected chi connectivity index (χ2v) is 5.83. The Bertz CT molecular complexity index is 410. The first-order valence-electron chi connectivity index (χ1n) is 6.03. The van der Waals surface area contributed by atoms with E-state index in [1.54, 1.807) is 6.07 Å². The molecule has 0 aliphatic carbocycles. The molecule has 0 spiro atoms. The van der Waals surface area contributed by atoms with E-state index in [0.717, 1.165) is 22.9 Å². The van der Waals surface area contributed by atoms with Crippen molar-refractivity contribution in [1.82, 2.24) is 0 Å². The number of hydrogen-bond donors (Lipinski definition) is 2. The van der Waals surface area contributed by atoms with Gasteiger partial charge in [-0.25, -0.2) is 0 Å². The zero-order chi connectivity index (χ0) is 13.7. The largest absolute Gasteiger partial charge is 0.503 e. The number of phenols is 1. The summed E-state index contributed by atoms with van der Waals surface area (Å²) in [5.74, 6) is 0.528. The van der Waals surface area contributed by atoms with Gasteiger partial charge in [0.25, 0.3) is 0 Å². The molecular formula is C13H19Br2NO2. The lowest BCUT2D eigenvalue weighted by molar-refractivity contribution is 0.370. The van der Waals surface area contributed by atoms with E-state index in [-0.39, 0.29) is 11.8 Å². The van der Waals surface area contributed by atoms with Gasteiger partial charge in [-0.1, -0.05) is 26.2 Å². The van der Waals surface area contributed by atoms with Crippen LogP contribution in [0.5, 0.6) is 11.5 Å². The van der Waals surface area contributed by atoms with Gasteiger partial charge in [0.05, 0.1) is 11.6 Å². The molecule has 1 aromatic carbocycles. The lowest BCUT2D eigenvalue weighted by atomic mass is 10.0. The molecule has 0 aliphatic rings.